The monoisotopic (exact) mass is 221 g/mol. The van der Waals surface area contributed by atoms with E-state index in [1.807, 2.05) is 6.33 Å². The molecule has 3 rings (SSSR count). The molecule has 0 aromatic carbocycles. The number of nitrogens with zero attached hydrogens (tertiary/aromatic N) is 2. The van der Waals surface area contributed by atoms with Gasteiger partial charge in [-0.05, 0) is 19.8 Å². The van der Waals surface area contributed by atoms with Crippen molar-refractivity contribution in [2.75, 3.05) is 19.8 Å². The average Bonchev–Trinajstić information content (AvgIpc) is 2.74. The molecular weight excluding hydrogens is 202 g/mol. The van der Waals surface area contributed by atoms with Crippen LogP contribution in [0.2, 0.25) is 0 Å². The Balaban J connectivity index is 1.95. The lowest BCUT2D eigenvalue weighted by Gasteiger charge is -2.36. The van der Waals surface area contributed by atoms with Crippen LogP contribution in [0.4, 0.5) is 0 Å². The van der Waals surface area contributed by atoms with Crippen molar-refractivity contribution in [1.29, 1.82) is 0 Å². The zero-order chi connectivity index (χ0) is 11.0. The van der Waals surface area contributed by atoms with Gasteiger partial charge in [0.1, 0.15) is 0 Å². The second-order valence-electron chi connectivity index (χ2n) is 5.04. The number of aromatic nitrogens is 2. The Morgan fingerprint density at radius 2 is 2.25 bits per heavy atom. The van der Waals surface area contributed by atoms with Gasteiger partial charge in [0.05, 0.1) is 12.0 Å². The molecule has 0 aliphatic carbocycles. The van der Waals surface area contributed by atoms with Gasteiger partial charge in [-0.25, -0.2) is 4.98 Å². The smallest absolute Gasteiger partial charge is 0.0957 e. The molecule has 0 atom stereocenters. The number of fused-ring (bicyclic) bond motifs is 1. The molecule has 1 N–H and O–H groups in total. The Morgan fingerprint density at radius 1 is 1.44 bits per heavy atom. The first-order valence-electron chi connectivity index (χ1n) is 6.14. The molecule has 1 fully saturated rings. The SMILES string of the molecule is CC1(n2cnc3c2CCNC3)CCOCC1. The molecule has 1 aromatic rings. The van der Waals surface area contributed by atoms with Crippen molar-refractivity contribution in [1.82, 2.24) is 14.9 Å². The van der Waals surface area contributed by atoms with Crippen LogP contribution < -0.4 is 5.32 Å². The maximum absolute atomic E-state index is 5.46. The van der Waals surface area contributed by atoms with Gasteiger partial charge in [-0.15, -0.1) is 0 Å². The Bertz CT molecular complexity index is 380. The molecule has 0 saturated carbocycles. The number of rotatable bonds is 1. The normalized spacial score (nSPS) is 24.1. The van der Waals surface area contributed by atoms with Crippen molar-refractivity contribution >= 4 is 0 Å². The summed E-state index contributed by atoms with van der Waals surface area (Å²) < 4.78 is 7.87. The van der Waals surface area contributed by atoms with Gasteiger partial charge in [-0.1, -0.05) is 0 Å². The Kier molecular flexibility index (Phi) is 2.48. The molecule has 0 unspecified atom stereocenters. The molecule has 2 aliphatic heterocycles. The summed E-state index contributed by atoms with van der Waals surface area (Å²) in [5, 5.41) is 3.37. The minimum Gasteiger partial charge on any atom is -0.381 e. The molecule has 2 aliphatic rings. The van der Waals surface area contributed by atoms with E-state index in [4.69, 9.17) is 4.74 Å². The molecule has 0 spiro atoms. The fraction of sp³-hybridized carbons (Fsp3) is 0.750. The van der Waals surface area contributed by atoms with E-state index in [-0.39, 0.29) is 5.54 Å². The van der Waals surface area contributed by atoms with Crippen LogP contribution in [0.5, 0.6) is 0 Å². The molecule has 0 bridgehead atoms. The third-order valence-electron chi connectivity index (χ3n) is 3.94. The highest BCUT2D eigenvalue weighted by Gasteiger charge is 2.32. The van der Waals surface area contributed by atoms with E-state index in [0.717, 1.165) is 45.6 Å². The highest BCUT2D eigenvalue weighted by atomic mass is 16.5. The van der Waals surface area contributed by atoms with Crippen LogP contribution in [0, 0.1) is 0 Å². The summed E-state index contributed by atoms with van der Waals surface area (Å²) in [5.74, 6) is 0. The van der Waals surface area contributed by atoms with Crippen molar-refractivity contribution in [2.45, 2.75) is 38.3 Å². The van der Waals surface area contributed by atoms with Crippen LogP contribution in [0.1, 0.15) is 31.2 Å². The van der Waals surface area contributed by atoms with E-state index in [1.54, 1.807) is 0 Å². The zero-order valence-corrected chi connectivity index (χ0v) is 9.83. The van der Waals surface area contributed by atoms with Crippen LogP contribution >= 0.6 is 0 Å². The van der Waals surface area contributed by atoms with Crippen molar-refractivity contribution in [3.8, 4) is 0 Å². The number of hydrogen-bond acceptors (Lipinski definition) is 3. The molecule has 0 amide bonds. The van der Waals surface area contributed by atoms with Gasteiger partial charge < -0.3 is 14.6 Å². The summed E-state index contributed by atoms with van der Waals surface area (Å²) in [4.78, 5) is 4.54. The largest absolute Gasteiger partial charge is 0.381 e. The highest BCUT2D eigenvalue weighted by molar-refractivity contribution is 5.18. The molecule has 1 aromatic heterocycles. The van der Waals surface area contributed by atoms with Gasteiger partial charge >= 0.3 is 0 Å². The van der Waals surface area contributed by atoms with Gasteiger partial charge in [0.15, 0.2) is 0 Å². The summed E-state index contributed by atoms with van der Waals surface area (Å²) in [5.41, 5.74) is 2.89. The number of ether oxygens (including phenoxy) is 1. The Morgan fingerprint density at radius 3 is 3.06 bits per heavy atom. The summed E-state index contributed by atoms with van der Waals surface area (Å²) in [6, 6.07) is 0. The van der Waals surface area contributed by atoms with Gasteiger partial charge in [0.25, 0.3) is 0 Å². The van der Waals surface area contributed by atoms with E-state index in [9.17, 15) is 0 Å². The Labute approximate surface area is 96.0 Å². The Hall–Kier alpha value is -0.870. The second-order valence-corrected chi connectivity index (χ2v) is 5.04. The average molecular weight is 221 g/mol. The molecule has 4 heteroatoms. The van der Waals surface area contributed by atoms with E-state index in [1.165, 1.54) is 11.4 Å². The van der Waals surface area contributed by atoms with Crippen molar-refractivity contribution in [3.63, 3.8) is 0 Å². The van der Waals surface area contributed by atoms with E-state index < -0.39 is 0 Å². The van der Waals surface area contributed by atoms with Crippen molar-refractivity contribution in [2.24, 2.45) is 0 Å². The highest BCUT2D eigenvalue weighted by Crippen LogP contribution is 2.31. The van der Waals surface area contributed by atoms with Gasteiger partial charge in [-0.2, -0.15) is 0 Å². The van der Waals surface area contributed by atoms with E-state index >= 15 is 0 Å². The van der Waals surface area contributed by atoms with E-state index in [0.29, 0.717) is 0 Å². The fourth-order valence-corrected chi connectivity index (χ4v) is 2.75. The molecule has 88 valence electrons. The zero-order valence-electron chi connectivity index (χ0n) is 9.83. The predicted octanol–water partition coefficient (Wildman–Crippen LogP) is 1.05. The van der Waals surface area contributed by atoms with Crippen LogP contribution in [-0.2, 0) is 23.2 Å². The quantitative estimate of drug-likeness (QED) is 0.770. The van der Waals surface area contributed by atoms with E-state index in [2.05, 4.69) is 21.8 Å². The number of hydrogen-bond donors (Lipinski definition) is 1. The minimum atomic E-state index is 0.218. The first kappa shape index (κ1) is 10.3. The van der Waals surface area contributed by atoms with Crippen LogP contribution in [0.3, 0.4) is 0 Å². The molecule has 4 nitrogen and oxygen atoms in total. The van der Waals surface area contributed by atoms with Crippen LogP contribution in [0.25, 0.3) is 0 Å². The molecule has 1 saturated heterocycles. The summed E-state index contributed by atoms with van der Waals surface area (Å²) in [6.07, 6.45) is 5.33. The maximum atomic E-state index is 5.46. The van der Waals surface area contributed by atoms with Gasteiger partial charge in [0, 0.05) is 44.0 Å². The number of imidazole rings is 1. The van der Waals surface area contributed by atoms with Crippen molar-refractivity contribution in [3.05, 3.63) is 17.7 Å². The van der Waals surface area contributed by atoms with Crippen LogP contribution in [0.15, 0.2) is 6.33 Å². The fourth-order valence-electron chi connectivity index (χ4n) is 2.75. The van der Waals surface area contributed by atoms with Gasteiger partial charge in [-0.3, -0.25) is 0 Å². The third-order valence-corrected chi connectivity index (χ3v) is 3.94. The first-order chi connectivity index (χ1) is 7.80. The van der Waals surface area contributed by atoms with Gasteiger partial charge in [0.2, 0.25) is 0 Å². The summed E-state index contributed by atoms with van der Waals surface area (Å²) in [6.45, 7) is 6.09. The molecular formula is C12H19N3O. The molecule has 16 heavy (non-hydrogen) atoms. The lowest BCUT2D eigenvalue weighted by molar-refractivity contribution is 0.0282. The lowest BCUT2D eigenvalue weighted by Crippen LogP contribution is -2.38. The minimum absolute atomic E-state index is 0.218. The lowest BCUT2D eigenvalue weighted by atomic mass is 9.91. The molecule has 3 heterocycles. The van der Waals surface area contributed by atoms with Crippen molar-refractivity contribution < 1.29 is 4.74 Å². The van der Waals surface area contributed by atoms with Crippen LogP contribution in [-0.4, -0.2) is 29.3 Å². The summed E-state index contributed by atoms with van der Waals surface area (Å²) >= 11 is 0. The third kappa shape index (κ3) is 1.57. The second kappa shape index (κ2) is 3.86. The topological polar surface area (TPSA) is 39.1 Å². The maximum Gasteiger partial charge on any atom is 0.0957 e. The standard InChI is InChI=1S/C12H19N3O/c1-12(3-6-16-7-4-12)15-9-14-10-8-13-5-2-11(10)15/h9,13H,2-8H2,1H3. The number of nitrogens with one attached hydrogen (secondary N) is 1. The summed E-state index contributed by atoms with van der Waals surface area (Å²) in [7, 11) is 0. The first-order valence-corrected chi connectivity index (χ1v) is 6.14. The molecule has 0 radical (unpaired) electrons. The predicted molar refractivity (Wildman–Crippen MR) is 61.3 cm³/mol.